The van der Waals surface area contributed by atoms with Gasteiger partial charge >= 0.3 is 0 Å². The van der Waals surface area contributed by atoms with Crippen molar-refractivity contribution in [2.24, 2.45) is 0 Å². The minimum atomic E-state index is -0.165. The molecule has 0 atom stereocenters. The fourth-order valence-corrected chi connectivity index (χ4v) is 3.43. The van der Waals surface area contributed by atoms with E-state index < -0.39 is 0 Å². The lowest BCUT2D eigenvalue weighted by atomic mass is 10.2. The molecule has 30 heavy (non-hydrogen) atoms. The number of halogens is 1. The van der Waals surface area contributed by atoms with Crippen LogP contribution in [0.25, 0.3) is 11.4 Å². The topological polar surface area (TPSA) is 77.7 Å². The van der Waals surface area contributed by atoms with Crippen LogP contribution in [0.3, 0.4) is 0 Å². The number of nitrogens with zero attached hydrogens (tertiary/aromatic N) is 3. The molecule has 0 bridgehead atoms. The van der Waals surface area contributed by atoms with Crippen LogP contribution in [0.4, 0.5) is 0 Å². The molecule has 0 radical (unpaired) electrons. The average Bonchev–Trinajstić information content (AvgIpc) is 3.20. The third kappa shape index (κ3) is 5.38. The van der Waals surface area contributed by atoms with E-state index in [4.69, 9.17) is 14.0 Å². The van der Waals surface area contributed by atoms with Crippen LogP contribution >= 0.6 is 15.9 Å². The Labute approximate surface area is 184 Å². The lowest BCUT2D eigenvalue weighted by Crippen LogP contribution is -2.39. The SMILES string of the molecule is COc1ccc(-c2noc(CN(C(=O)COc3ccc(C)cc3Br)C(C)C)n2)cc1. The van der Waals surface area contributed by atoms with Crippen LogP contribution in [0, 0.1) is 6.92 Å². The summed E-state index contributed by atoms with van der Waals surface area (Å²) in [5.41, 5.74) is 1.91. The zero-order valence-electron chi connectivity index (χ0n) is 17.4. The van der Waals surface area contributed by atoms with Crippen molar-refractivity contribution in [3.63, 3.8) is 0 Å². The molecule has 1 aromatic heterocycles. The predicted molar refractivity (Wildman–Crippen MR) is 116 cm³/mol. The molecule has 158 valence electrons. The lowest BCUT2D eigenvalue weighted by molar-refractivity contribution is -0.136. The van der Waals surface area contributed by atoms with E-state index in [9.17, 15) is 4.79 Å². The van der Waals surface area contributed by atoms with Gasteiger partial charge < -0.3 is 18.9 Å². The first-order chi connectivity index (χ1) is 14.4. The van der Waals surface area contributed by atoms with Crippen molar-refractivity contribution in [2.45, 2.75) is 33.4 Å². The van der Waals surface area contributed by atoms with E-state index in [1.165, 1.54) is 0 Å². The minimum absolute atomic E-state index is 0.0566. The van der Waals surface area contributed by atoms with Crippen molar-refractivity contribution in [3.8, 4) is 22.9 Å². The number of aryl methyl sites for hydroxylation is 1. The number of carbonyl (C=O) groups excluding carboxylic acids is 1. The van der Waals surface area contributed by atoms with Crippen molar-refractivity contribution < 1.29 is 18.8 Å². The summed E-state index contributed by atoms with van der Waals surface area (Å²) in [7, 11) is 1.61. The number of aromatic nitrogens is 2. The number of hydrogen-bond acceptors (Lipinski definition) is 6. The molecule has 2 aromatic carbocycles. The highest BCUT2D eigenvalue weighted by Crippen LogP contribution is 2.26. The zero-order chi connectivity index (χ0) is 21.7. The molecule has 0 saturated heterocycles. The maximum Gasteiger partial charge on any atom is 0.261 e. The molecule has 0 unspecified atom stereocenters. The summed E-state index contributed by atoms with van der Waals surface area (Å²) >= 11 is 3.46. The van der Waals surface area contributed by atoms with Gasteiger partial charge in [-0.25, -0.2) is 0 Å². The quantitative estimate of drug-likeness (QED) is 0.474. The summed E-state index contributed by atoms with van der Waals surface area (Å²) in [5, 5.41) is 4.02. The molecule has 0 saturated carbocycles. The van der Waals surface area contributed by atoms with E-state index in [0.717, 1.165) is 21.3 Å². The zero-order valence-corrected chi connectivity index (χ0v) is 19.0. The van der Waals surface area contributed by atoms with Crippen LogP contribution in [0.1, 0.15) is 25.3 Å². The van der Waals surface area contributed by atoms with Gasteiger partial charge in [0.15, 0.2) is 6.61 Å². The highest BCUT2D eigenvalue weighted by atomic mass is 79.9. The molecule has 0 spiro atoms. The van der Waals surface area contributed by atoms with Crippen LogP contribution in [-0.4, -0.2) is 40.7 Å². The summed E-state index contributed by atoms with van der Waals surface area (Å²) < 4.78 is 17.0. The Balaban J connectivity index is 1.66. The second-order valence-corrected chi connectivity index (χ2v) is 7.93. The molecule has 0 aliphatic rings. The summed E-state index contributed by atoms with van der Waals surface area (Å²) in [4.78, 5) is 18.8. The summed E-state index contributed by atoms with van der Waals surface area (Å²) in [6.07, 6.45) is 0. The Morgan fingerprint density at radius 3 is 2.57 bits per heavy atom. The number of benzene rings is 2. The fourth-order valence-electron chi connectivity index (χ4n) is 2.83. The largest absolute Gasteiger partial charge is 0.497 e. The molecule has 8 heteroatoms. The van der Waals surface area contributed by atoms with E-state index in [1.54, 1.807) is 12.0 Å². The fraction of sp³-hybridized carbons (Fsp3) is 0.318. The van der Waals surface area contributed by atoms with Crippen molar-refractivity contribution >= 4 is 21.8 Å². The summed E-state index contributed by atoms with van der Waals surface area (Å²) in [6.45, 7) is 5.98. The Hall–Kier alpha value is -2.87. The Morgan fingerprint density at radius 1 is 1.20 bits per heavy atom. The van der Waals surface area contributed by atoms with Crippen LogP contribution in [-0.2, 0) is 11.3 Å². The maximum atomic E-state index is 12.8. The van der Waals surface area contributed by atoms with Crippen LogP contribution in [0.15, 0.2) is 51.5 Å². The molecule has 7 nitrogen and oxygen atoms in total. The van der Waals surface area contributed by atoms with Gasteiger partial charge in [0.05, 0.1) is 11.6 Å². The number of carbonyl (C=O) groups is 1. The molecule has 0 aliphatic carbocycles. The molecular weight excluding hydrogens is 450 g/mol. The minimum Gasteiger partial charge on any atom is -0.497 e. The first-order valence-electron chi connectivity index (χ1n) is 9.53. The number of ether oxygens (including phenoxy) is 2. The smallest absolute Gasteiger partial charge is 0.261 e. The van der Waals surface area contributed by atoms with Crippen molar-refractivity contribution in [1.82, 2.24) is 15.0 Å². The van der Waals surface area contributed by atoms with Crippen LogP contribution < -0.4 is 9.47 Å². The van der Waals surface area contributed by atoms with Crippen molar-refractivity contribution in [3.05, 3.63) is 58.4 Å². The molecule has 0 fully saturated rings. The molecule has 3 aromatic rings. The first kappa shape index (κ1) is 21.8. The van der Waals surface area contributed by atoms with Crippen molar-refractivity contribution in [1.29, 1.82) is 0 Å². The highest BCUT2D eigenvalue weighted by molar-refractivity contribution is 9.10. The second-order valence-electron chi connectivity index (χ2n) is 7.08. The number of amides is 1. The molecule has 3 rings (SSSR count). The first-order valence-corrected chi connectivity index (χ1v) is 10.3. The second kappa shape index (κ2) is 9.75. The monoisotopic (exact) mass is 473 g/mol. The third-order valence-electron chi connectivity index (χ3n) is 4.50. The van der Waals surface area contributed by atoms with Gasteiger partial charge in [-0.05, 0) is 78.7 Å². The van der Waals surface area contributed by atoms with Crippen molar-refractivity contribution in [2.75, 3.05) is 13.7 Å². The van der Waals surface area contributed by atoms with Gasteiger partial charge in [-0.2, -0.15) is 4.98 Å². The third-order valence-corrected chi connectivity index (χ3v) is 5.12. The maximum absolute atomic E-state index is 12.8. The molecule has 0 aliphatic heterocycles. The van der Waals surface area contributed by atoms with E-state index in [-0.39, 0.29) is 25.1 Å². The number of rotatable bonds is 8. The van der Waals surface area contributed by atoms with Gasteiger partial charge in [-0.1, -0.05) is 11.2 Å². The van der Waals surface area contributed by atoms with E-state index >= 15 is 0 Å². The van der Waals surface area contributed by atoms with Crippen LogP contribution in [0.5, 0.6) is 11.5 Å². The lowest BCUT2D eigenvalue weighted by Gasteiger charge is -2.25. The molecular formula is C22H24BrN3O4. The Morgan fingerprint density at radius 2 is 1.93 bits per heavy atom. The summed E-state index contributed by atoms with van der Waals surface area (Å²) in [5.74, 6) is 2.03. The van der Waals surface area contributed by atoms with Gasteiger partial charge in [0, 0.05) is 11.6 Å². The van der Waals surface area contributed by atoms with Gasteiger partial charge in [0.25, 0.3) is 5.91 Å². The number of methoxy groups -OCH3 is 1. The normalized spacial score (nSPS) is 10.9. The van der Waals surface area contributed by atoms with Crippen LogP contribution in [0.2, 0.25) is 0 Å². The van der Waals surface area contributed by atoms with Gasteiger partial charge in [-0.3, -0.25) is 4.79 Å². The molecule has 0 N–H and O–H groups in total. The van der Waals surface area contributed by atoms with E-state index in [0.29, 0.717) is 17.5 Å². The van der Waals surface area contributed by atoms with Gasteiger partial charge in [0.1, 0.15) is 18.0 Å². The van der Waals surface area contributed by atoms with E-state index in [2.05, 4.69) is 26.1 Å². The average molecular weight is 474 g/mol. The molecule has 1 amide bonds. The highest BCUT2D eigenvalue weighted by Gasteiger charge is 2.21. The number of hydrogen-bond donors (Lipinski definition) is 0. The predicted octanol–water partition coefficient (Wildman–Crippen LogP) is 4.63. The van der Waals surface area contributed by atoms with Gasteiger partial charge in [-0.15, -0.1) is 0 Å². The molecule has 1 heterocycles. The Kier molecular flexibility index (Phi) is 7.10. The van der Waals surface area contributed by atoms with Gasteiger partial charge in [0.2, 0.25) is 11.7 Å². The van der Waals surface area contributed by atoms with E-state index in [1.807, 2.05) is 63.2 Å². The Bertz CT molecular complexity index is 1000. The summed E-state index contributed by atoms with van der Waals surface area (Å²) in [6, 6.07) is 13.0. The standard InChI is InChI=1S/C22H24BrN3O4/c1-14(2)26(21(27)13-29-19-10-5-15(3)11-18(19)23)12-20-24-22(25-30-20)16-6-8-17(28-4)9-7-16/h5-11,14H,12-13H2,1-4H3.